The first-order valence-electron chi connectivity index (χ1n) is 5.93. The molecular weight excluding hydrogens is 230 g/mol. The maximum Gasteiger partial charge on any atom is 0.239 e. The number of benzene rings is 1. The van der Waals surface area contributed by atoms with Crippen molar-refractivity contribution < 1.29 is 9.59 Å². The third-order valence-corrected chi connectivity index (χ3v) is 2.42. The Morgan fingerprint density at radius 3 is 2.50 bits per heavy atom. The van der Waals surface area contributed by atoms with Gasteiger partial charge in [0.1, 0.15) is 0 Å². The van der Waals surface area contributed by atoms with Crippen molar-refractivity contribution in [3.05, 3.63) is 35.9 Å². The normalized spacial score (nSPS) is 11.7. The highest BCUT2D eigenvalue weighted by Crippen LogP contribution is 1.97. The minimum atomic E-state index is -0.595. The first kappa shape index (κ1) is 14.2. The number of nitrogens with two attached hydrogens (primary N) is 1. The van der Waals surface area contributed by atoms with E-state index in [9.17, 15) is 9.59 Å². The summed E-state index contributed by atoms with van der Waals surface area (Å²) >= 11 is 0. The highest BCUT2D eigenvalue weighted by molar-refractivity contribution is 5.86. The topological polar surface area (TPSA) is 84.2 Å². The van der Waals surface area contributed by atoms with Crippen LogP contribution in [0.3, 0.4) is 0 Å². The van der Waals surface area contributed by atoms with Crippen LogP contribution < -0.4 is 16.4 Å². The van der Waals surface area contributed by atoms with E-state index in [-0.39, 0.29) is 18.4 Å². The van der Waals surface area contributed by atoms with Gasteiger partial charge in [0, 0.05) is 6.54 Å². The van der Waals surface area contributed by atoms with Gasteiger partial charge in [-0.15, -0.1) is 0 Å². The SMILES string of the molecule is C[C@H](N)C(=O)NCC(=O)NCCc1ccccc1. The van der Waals surface area contributed by atoms with Crippen molar-refractivity contribution in [1.29, 1.82) is 0 Å². The van der Waals surface area contributed by atoms with Gasteiger partial charge >= 0.3 is 0 Å². The second-order valence-corrected chi connectivity index (χ2v) is 4.09. The van der Waals surface area contributed by atoms with E-state index in [1.165, 1.54) is 0 Å². The number of hydrogen-bond acceptors (Lipinski definition) is 3. The van der Waals surface area contributed by atoms with Gasteiger partial charge in [-0.1, -0.05) is 30.3 Å². The molecule has 0 aromatic heterocycles. The summed E-state index contributed by atoms with van der Waals surface area (Å²) < 4.78 is 0. The second-order valence-electron chi connectivity index (χ2n) is 4.09. The number of carbonyl (C=O) groups is 2. The summed E-state index contributed by atoms with van der Waals surface area (Å²) in [4.78, 5) is 22.5. The van der Waals surface area contributed by atoms with E-state index >= 15 is 0 Å². The Kier molecular flexibility index (Phi) is 5.87. The summed E-state index contributed by atoms with van der Waals surface area (Å²) in [6.07, 6.45) is 0.772. The van der Waals surface area contributed by atoms with E-state index in [2.05, 4.69) is 10.6 Å². The molecule has 98 valence electrons. The van der Waals surface area contributed by atoms with Crippen molar-refractivity contribution >= 4 is 11.8 Å². The van der Waals surface area contributed by atoms with Crippen LogP contribution in [0.5, 0.6) is 0 Å². The number of nitrogens with one attached hydrogen (secondary N) is 2. The monoisotopic (exact) mass is 249 g/mol. The average molecular weight is 249 g/mol. The highest BCUT2D eigenvalue weighted by atomic mass is 16.2. The van der Waals surface area contributed by atoms with E-state index in [1.54, 1.807) is 6.92 Å². The summed E-state index contributed by atoms with van der Waals surface area (Å²) in [7, 11) is 0. The van der Waals surface area contributed by atoms with Crippen LogP contribution in [0.25, 0.3) is 0 Å². The number of amides is 2. The van der Waals surface area contributed by atoms with E-state index in [1.807, 2.05) is 30.3 Å². The Balaban J connectivity index is 2.16. The Labute approximate surface area is 107 Å². The van der Waals surface area contributed by atoms with E-state index in [0.717, 1.165) is 12.0 Å². The van der Waals surface area contributed by atoms with Crippen LogP contribution >= 0.6 is 0 Å². The van der Waals surface area contributed by atoms with Crippen molar-refractivity contribution in [2.24, 2.45) is 5.73 Å². The molecule has 0 radical (unpaired) electrons. The van der Waals surface area contributed by atoms with E-state index in [0.29, 0.717) is 6.54 Å². The van der Waals surface area contributed by atoms with Gasteiger partial charge < -0.3 is 16.4 Å². The fraction of sp³-hybridized carbons (Fsp3) is 0.385. The summed E-state index contributed by atoms with van der Waals surface area (Å²) in [6, 6.07) is 9.28. The molecule has 0 aliphatic heterocycles. The van der Waals surface area contributed by atoms with Crippen molar-refractivity contribution in [3.63, 3.8) is 0 Å². The van der Waals surface area contributed by atoms with Gasteiger partial charge in [-0.05, 0) is 18.9 Å². The molecule has 0 spiro atoms. The zero-order valence-corrected chi connectivity index (χ0v) is 10.5. The minimum Gasteiger partial charge on any atom is -0.354 e. The predicted molar refractivity (Wildman–Crippen MR) is 69.8 cm³/mol. The molecule has 0 aliphatic rings. The summed E-state index contributed by atoms with van der Waals surface area (Å²) in [6.45, 7) is 2.09. The molecule has 1 aromatic rings. The van der Waals surface area contributed by atoms with Crippen molar-refractivity contribution in [3.8, 4) is 0 Å². The third-order valence-electron chi connectivity index (χ3n) is 2.42. The molecule has 18 heavy (non-hydrogen) atoms. The van der Waals surface area contributed by atoms with Crippen molar-refractivity contribution in [2.75, 3.05) is 13.1 Å². The Morgan fingerprint density at radius 1 is 1.22 bits per heavy atom. The van der Waals surface area contributed by atoms with Gasteiger partial charge in [-0.25, -0.2) is 0 Å². The lowest BCUT2D eigenvalue weighted by Gasteiger charge is -2.08. The molecule has 1 aromatic carbocycles. The molecule has 2 amide bonds. The summed E-state index contributed by atoms with van der Waals surface area (Å²) in [5.74, 6) is -0.534. The molecule has 0 heterocycles. The van der Waals surface area contributed by atoms with Gasteiger partial charge in [0.2, 0.25) is 11.8 Å². The average Bonchev–Trinajstić information content (AvgIpc) is 2.37. The summed E-state index contributed by atoms with van der Waals surface area (Å²) in [5, 5.41) is 5.19. The van der Waals surface area contributed by atoms with Crippen LogP contribution in [0.4, 0.5) is 0 Å². The maximum atomic E-state index is 11.4. The van der Waals surface area contributed by atoms with Crippen LogP contribution in [0.15, 0.2) is 30.3 Å². The van der Waals surface area contributed by atoms with Gasteiger partial charge in [0.25, 0.3) is 0 Å². The van der Waals surface area contributed by atoms with Gasteiger partial charge in [-0.3, -0.25) is 9.59 Å². The van der Waals surface area contributed by atoms with Crippen LogP contribution in [0.2, 0.25) is 0 Å². The molecule has 0 unspecified atom stereocenters. The highest BCUT2D eigenvalue weighted by Gasteiger charge is 2.08. The molecule has 0 fully saturated rings. The maximum absolute atomic E-state index is 11.4. The fourth-order valence-corrected chi connectivity index (χ4v) is 1.38. The second kappa shape index (κ2) is 7.45. The standard InChI is InChI=1S/C13H19N3O2/c1-10(14)13(18)16-9-12(17)15-8-7-11-5-3-2-4-6-11/h2-6,10H,7-9,14H2,1H3,(H,15,17)(H,16,18)/t10-/m0/s1. The van der Waals surface area contributed by atoms with Crippen LogP contribution in [-0.2, 0) is 16.0 Å². The van der Waals surface area contributed by atoms with Crippen LogP contribution in [-0.4, -0.2) is 30.9 Å². The Morgan fingerprint density at radius 2 is 1.89 bits per heavy atom. The van der Waals surface area contributed by atoms with Crippen LogP contribution in [0, 0.1) is 0 Å². The molecule has 5 heteroatoms. The van der Waals surface area contributed by atoms with Crippen LogP contribution in [0.1, 0.15) is 12.5 Å². The zero-order valence-electron chi connectivity index (χ0n) is 10.5. The third kappa shape index (κ3) is 5.45. The zero-order chi connectivity index (χ0) is 13.4. The number of rotatable bonds is 6. The van der Waals surface area contributed by atoms with Gasteiger partial charge in [0.05, 0.1) is 12.6 Å². The molecule has 4 N–H and O–H groups in total. The van der Waals surface area contributed by atoms with E-state index < -0.39 is 6.04 Å². The first-order valence-corrected chi connectivity index (χ1v) is 5.93. The number of carbonyl (C=O) groups excluding carboxylic acids is 2. The molecule has 0 aliphatic carbocycles. The molecular formula is C13H19N3O2. The number of hydrogen-bond donors (Lipinski definition) is 3. The van der Waals surface area contributed by atoms with Crippen molar-refractivity contribution in [2.45, 2.75) is 19.4 Å². The first-order chi connectivity index (χ1) is 8.59. The molecule has 0 saturated heterocycles. The molecule has 0 bridgehead atoms. The minimum absolute atomic E-state index is 0.0326. The van der Waals surface area contributed by atoms with Gasteiger partial charge in [-0.2, -0.15) is 0 Å². The smallest absolute Gasteiger partial charge is 0.239 e. The molecule has 0 saturated carbocycles. The quantitative estimate of drug-likeness (QED) is 0.653. The van der Waals surface area contributed by atoms with E-state index in [4.69, 9.17) is 5.73 Å². The molecule has 1 atom stereocenters. The predicted octanol–water partition coefficient (Wildman–Crippen LogP) is -0.191. The molecule has 5 nitrogen and oxygen atoms in total. The lowest BCUT2D eigenvalue weighted by molar-refractivity contribution is -0.126. The lowest BCUT2D eigenvalue weighted by atomic mass is 10.1. The lowest BCUT2D eigenvalue weighted by Crippen LogP contribution is -2.43. The Hall–Kier alpha value is -1.88. The Bertz CT molecular complexity index is 390. The largest absolute Gasteiger partial charge is 0.354 e. The fourth-order valence-electron chi connectivity index (χ4n) is 1.38. The van der Waals surface area contributed by atoms with Crippen molar-refractivity contribution in [1.82, 2.24) is 10.6 Å². The van der Waals surface area contributed by atoms with Gasteiger partial charge in [0.15, 0.2) is 0 Å². The molecule has 1 rings (SSSR count). The summed E-state index contributed by atoms with van der Waals surface area (Å²) in [5.41, 5.74) is 6.52.